The number of hydrogen-bond donors (Lipinski definition) is 0. The highest BCUT2D eigenvalue weighted by Gasteiger charge is 2.31. The Balaban J connectivity index is 1.51. The number of amides is 1. The molecule has 1 aliphatic rings. The molecule has 1 aliphatic heterocycles. The summed E-state index contributed by atoms with van der Waals surface area (Å²) in [6.45, 7) is 3.37. The molecule has 1 heterocycles. The van der Waals surface area contributed by atoms with E-state index in [1.165, 1.54) is 24.8 Å². The SMILES string of the molecule is COc1ccc(C(C)=O)cc1CSCC(=O)N1CCN(c2cccc(C(F)(F)F)c2)CC1. The fourth-order valence-corrected chi connectivity index (χ4v) is 4.45. The molecule has 5 nitrogen and oxygen atoms in total. The number of carbonyl (C=O) groups is 2. The number of hydrogen-bond acceptors (Lipinski definition) is 5. The molecule has 0 bridgehead atoms. The van der Waals surface area contributed by atoms with Crippen LogP contribution in [-0.4, -0.2) is 55.6 Å². The number of anilines is 1. The van der Waals surface area contributed by atoms with E-state index in [0.29, 0.717) is 48.9 Å². The molecule has 2 aromatic rings. The molecule has 0 aliphatic carbocycles. The first kappa shape index (κ1) is 24.0. The summed E-state index contributed by atoms with van der Waals surface area (Å²) in [5, 5.41) is 0. The van der Waals surface area contributed by atoms with E-state index in [-0.39, 0.29) is 17.4 Å². The molecule has 0 atom stereocenters. The average molecular weight is 467 g/mol. The van der Waals surface area contributed by atoms with Crippen LogP contribution in [-0.2, 0) is 16.7 Å². The van der Waals surface area contributed by atoms with Gasteiger partial charge in [-0.3, -0.25) is 9.59 Å². The lowest BCUT2D eigenvalue weighted by molar-refractivity contribution is -0.137. The number of ketones is 1. The van der Waals surface area contributed by atoms with Crippen molar-refractivity contribution in [3.8, 4) is 5.75 Å². The number of Topliss-reactive ketones (excluding diaryl/α,β-unsaturated/α-hetero) is 1. The minimum Gasteiger partial charge on any atom is -0.496 e. The van der Waals surface area contributed by atoms with Crippen LogP contribution < -0.4 is 9.64 Å². The third kappa shape index (κ3) is 5.97. The molecule has 0 spiro atoms. The van der Waals surface area contributed by atoms with Gasteiger partial charge in [0.2, 0.25) is 5.91 Å². The fraction of sp³-hybridized carbons (Fsp3) is 0.391. The van der Waals surface area contributed by atoms with E-state index in [4.69, 9.17) is 4.74 Å². The van der Waals surface area contributed by atoms with E-state index in [0.717, 1.165) is 17.7 Å². The van der Waals surface area contributed by atoms with Gasteiger partial charge in [0.15, 0.2) is 5.78 Å². The molecule has 0 saturated carbocycles. The predicted octanol–water partition coefficient (Wildman–Crippen LogP) is 4.50. The second-order valence-corrected chi connectivity index (χ2v) is 8.48. The summed E-state index contributed by atoms with van der Waals surface area (Å²) in [5.74, 6) is 1.43. The molecule has 1 fully saturated rings. The molecule has 172 valence electrons. The molecule has 1 amide bonds. The number of methoxy groups -OCH3 is 1. The fourth-order valence-electron chi connectivity index (χ4n) is 3.54. The molecule has 0 radical (unpaired) electrons. The molecule has 0 unspecified atom stereocenters. The van der Waals surface area contributed by atoms with Crippen LogP contribution >= 0.6 is 11.8 Å². The molecular formula is C23H25F3N2O3S. The van der Waals surface area contributed by atoms with Gasteiger partial charge in [-0.15, -0.1) is 11.8 Å². The lowest BCUT2D eigenvalue weighted by Gasteiger charge is -2.36. The Morgan fingerprint density at radius 1 is 1.06 bits per heavy atom. The molecule has 2 aromatic carbocycles. The summed E-state index contributed by atoms with van der Waals surface area (Å²) in [6, 6.07) is 10.5. The van der Waals surface area contributed by atoms with Crippen molar-refractivity contribution < 1.29 is 27.5 Å². The van der Waals surface area contributed by atoms with Crippen molar-refractivity contribution in [3.63, 3.8) is 0 Å². The molecule has 3 rings (SSSR count). The zero-order chi connectivity index (χ0) is 23.3. The third-order valence-corrected chi connectivity index (χ3v) is 6.31. The van der Waals surface area contributed by atoms with Crippen molar-refractivity contribution in [3.05, 3.63) is 59.2 Å². The highest BCUT2D eigenvalue weighted by Crippen LogP contribution is 2.32. The number of halogens is 3. The number of rotatable bonds is 7. The third-order valence-electron chi connectivity index (χ3n) is 5.34. The predicted molar refractivity (Wildman–Crippen MR) is 119 cm³/mol. The number of alkyl halides is 3. The van der Waals surface area contributed by atoms with Gasteiger partial charge in [0.25, 0.3) is 0 Å². The molecule has 0 N–H and O–H groups in total. The molecule has 32 heavy (non-hydrogen) atoms. The van der Waals surface area contributed by atoms with E-state index in [1.54, 1.807) is 36.3 Å². The van der Waals surface area contributed by atoms with Crippen molar-refractivity contribution in [2.45, 2.75) is 18.9 Å². The van der Waals surface area contributed by atoms with E-state index < -0.39 is 11.7 Å². The molecule has 1 saturated heterocycles. The lowest BCUT2D eigenvalue weighted by Crippen LogP contribution is -2.49. The van der Waals surface area contributed by atoms with Gasteiger partial charge in [0.05, 0.1) is 18.4 Å². The van der Waals surface area contributed by atoms with Crippen LogP contribution in [0.2, 0.25) is 0 Å². The van der Waals surface area contributed by atoms with Crippen molar-refractivity contribution in [2.24, 2.45) is 0 Å². The molecular weight excluding hydrogens is 441 g/mol. The first-order valence-corrected chi connectivity index (χ1v) is 11.3. The van der Waals surface area contributed by atoms with Gasteiger partial charge in [-0.25, -0.2) is 0 Å². The van der Waals surface area contributed by atoms with Gasteiger partial charge in [-0.05, 0) is 43.3 Å². The van der Waals surface area contributed by atoms with Crippen LogP contribution in [0.5, 0.6) is 5.75 Å². The number of thioether (sulfide) groups is 1. The maximum absolute atomic E-state index is 13.0. The summed E-state index contributed by atoms with van der Waals surface area (Å²) in [4.78, 5) is 27.8. The topological polar surface area (TPSA) is 49.9 Å². The minimum absolute atomic E-state index is 0.0135. The highest BCUT2D eigenvalue weighted by atomic mass is 32.2. The van der Waals surface area contributed by atoms with Crippen molar-refractivity contribution in [1.29, 1.82) is 0 Å². The maximum Gasteiger partial charge on any atom is 0.416 e. The van der Waals surface area contributed by atoms with E-state index in [9.17, 15) is 22.8 Å². The number of nitrogens with zero attached hydrogens (tertiary/aromatic N) is 2. The summed E-state index contributed by atoms with van der Waals surface area (Å²) >= 11 is 1.44. The molecule has 0 aromatic heterocycles. The first-order valence-electron chi connectivity index (χ1n) is 10.1. The number of benzene rings is 2. The van der Waals surface area contributed by atoms with Gasteiger partial charge in [-0.2, -0.15) is 13.2 Å². The standard InChI is InChI=1S/C23H25F3N2O3S/c1-16(29)17-6-7-21(31-2)18(12-17)14-32-15-22(30)28-10-8-27(9-11-28)20-5-3-4-19(13-20)23(24,25)26/h3-7,12-13H,8-11,14-15H2,1-2H3. The van der Waals surface area contributed by atoms with Crippen LogP contribution in [0.4, 0.5) is 18.9 Å². The zero-order valence-electron chi connectivity index (χ0n) is 17.9. The Bertz CT molecular complexity index is 973. The van der Waals surface area contributed by atoms with Gasteiger partial charge in [-0.1, -0.05) is 6.07 Å². The maximum atomic E-state index is 13.0. The van der Waals surface area contributed by atoms with Crippen molar-refractivity contribution >= 4 is 29.1 Å². The Labute approximate surface area is 189 Å². The van der Waals surface area contributed by atoms with Gasteiger partial charge in [0.1, 0.15) is 5.75 Å². The first-order chi connectivity index (χ1) is 15.2. The Hall–Kier alpha value is -2.68. The highest BCUT2D eigenvalue weighted by molar-refractivity contribution is 7.99. The quantitative estimate of drug-likeness (QED) is 0.563. The normalized spacial score (nSPS) is 14.4. The smallest absolute Gasteiger partial charge is 0.416 e. The van der Waals surface area contributed by atoms with Crippen LogP contribution in [0.25, 0.3) is 0 Å². The van der Waals surface area contributed by atoms with Crippen molar-refractivity contribution in [1.82, 2.24) is 4.90 Å². The number of piperazine rings is 1. The van der Waals surface area contributed by atoms with E-state index in [2.05, 4.69) is 0 Å². The van der Waals surface area contributed by atoms with Crippen LogP contribution in [0.3, 0.4) is 0 Å². The van der Waals surface area contributed by atoms with E-state index in [1.807, 2.05) is 4.90 Å². The molecule has 9 heteroatoms. The average Bonchev–Trinajstić information content (AvgIpc) is 2.78. The van der Waals surface area contributed by atoms with Gasteiger partial charge in [0, 0.05) is 48.7 Å². The van der Waals surface area contributed by atoms with Gasteiger partial charge < -0.3 is 14.5 Å². The van der Waals surface area contributed by atoms with Crippen molar-refractivity contribution in [2.75, 3.05) is 43.9 Å². The van der Waals surface area contributed by atoms with E-state index >= 15 is 0 Å². The monoisotopic (exact) mass is 466 g/mol. The minimum atomic E-state index is -4.38. The second-order valence-electron chi connectivity index (χ2n) is 7.49. The Morgan fingerprint density at radius 2 is 1.78 bits per heavy atom. The summed E-state index contributed by atoms with van der Waals surface area (Å²) < 4.78 is 44.2. The summed E-state index contributed by atoms with van der Waals surface area (Å²) in [6.07, 6.45) is -4.38. The number of ether oxygens (including phenoxy) is 1. The number of carbonyl (C=O) groups excluding carboxylic acids is 2. The Kier molecular flexibility index (Phi) is 7.71. The zero-order valence-corrected chi connectivity index (χ0v) is 18.8. The van der Waals surface area contributed by atoms with Crippen LogP contribution in [0.15, 0.2) is 42.5 Å². The lowest BCUT2D eigenvalue weighted by atomic mass is 10.1. The largest absolute Gasteiger partial charge is 0.496 e. The van der Waals surface area contributed by atoms with Crippen LogP contribution in [0, 0.1) is 0 Å². The van der Waals surface area contributed by atoms with Gasteiger partial charge >= 0.3 is 6.18 Å². The summed E-state index contributed by atoms with van der Waals surface area (Å²) in [7, 11) is 1.56. The Morgan fingerprint density at radius 3 is 2.41 bits per heavy atom. The van der Waals surface area contributed by atoms with Crippen LogP contribution in [0.1, 0.15) is 28.4 Å². The summed E-state index contributed by atoms with van der Waals surface area (Å²) in [5.41, 5.74) is 1.29. The second kappa shape index (κ2) is 10.3.